The predicted molar refractivity (Wildman–Crippen MR) is 56.7 cm³/mol. The van der Waals surface area contributed by atoms with Gasteiger partial charge in [-0.3, -0.25) is 0 Å². The van der Waals surface area contributed by atoms with Crippen molar-refractivity contribution in [2.75, 3.05) is 53.2 Å². The number of hydrogen-bond donors (Lipinski definition) is 1. The number of nitrogens with one attached hydrogen (secondary N) is 1. The van der Waals surface area contributed by atoms with Crippen LogP contribution in [0.15, 0.2) is 0 Å². The summed E-state index contributed by atoms with van der Waals surface area (Å²) in [6.45, 7) is 7.21. The SMILES string of the molecule is CCCOCCOCCOCCNC. The lowest BCUT2D eigenvalue weighted by molar-refractivity contribution is 0.0154. The van der Waals surface area contributed by atoms with E-state index in [0.29, 0.717) is 26.4 Å². The van der Waals surface area contributed by atoms with Crippen LogP contribution in [-0.4, -0.2) is 53.2 Å². The van der Waals surface area contributed by atoms with E-state index in [-0.39, 0.29) is 0 Å². The minimum atomic E-state index is 0.652. The van der Waals surface area contributed by atoms with Gasteiger partial charge >= 0.3 is 0 Å². The van der Waals surface area contributed by atoms with Gasteiger partial charge in [-0.1, -0.05) is 6.92 Å². The Bertz CT molecular complexity index is 89.4. The van der Waals surface area contributed by atoms with Gasteiger partial charge in [-0.05, 0) is 13.5 Å². The van der Waals surface area contributed by atoms with E-state index in [1.165, 1.54) is 0 Å². The van der Waals surface area contributed by atoms with Crippen LogP contribution in [0.5, 0.6) is 0 Å². The van der Waals surface area contributed by atoms with Gasteiger partial charge in [-0.15, -0.1) is 0 Å². The molecular weight excluding hydrogens is 182 g/mol. The van der Waals surface area contributed by atoms with Crippen molar-refractivity contribution in [3.63, 3.8) is 0 Å². The third kappa shape index (κ3) is 11.8. The van der Waals surface area contributed by atoms with Crippen molar-refractivity contribution in [2.45, 2.75) is 13.3 Å². The second-order valence-electron chi connectivity index (χ2n) is 2.94. The monoisotopic (exact) mass is 205 g/mol. The zero-order chi connectivity index (χ0) is 10.5. The number of hydrogen-bond acceptors (Lipinski definition) is 4. The van der Waals surface area contributed by atoms with E-state index in [1.807, 2.05) is 7.05 Å². The van der Waals surface area contributed by atoms with Crippen molar-refractivity contribution in [3.05, 3.63) is 0 Å². The maximum absolute atomic E-state index is 5.29. The molecule has 0 radical (unpaired) electrons. The Balaban J connectivity index is 2.78. The summed E-state index contributed by atoms with van der Waals surface area (Å²) in [4.78, 5) is 0. The summed E-state index contributed by atoms with van der Waals surface area (Å²) in [6, 6.07) is 0. The van der Waals surface area contributed by atoms with Crippen LogP contribution in [0.3, 0.4) is 0 Å². The third-order valence-corrected chi connectivity index (χ3v) is 1.59. The minimum absolute atomic E-state index is 0.652. The quantitative estimate of drug-likeness (QED) is 0.503. The van der Waals surface area contributed by atoms with Crippen LogP contribution >= 0.6 is 0 Å². The molecule has 0 aliphatic carbocycles. The molecule has 0 bridgehead atoms. The van der Waals surface area contributed by atoms with Crippen molar-refractivity contribution < 1.29 is 14.2 Å². The molecule has 0 aromatic carbocycles. The van der Waals surface area contributed by atoms with Crippen molar-refractivity contribution in [3.8, 4) is 0 Å². The van der Waals surface area contributed by atoms with E-state index in [4.69, 9.17) is 14.2 Å². The van der Waals surface area contributed by atoms with Gasteiger partial charge in [0.15, 0.2) is 0 Å². The molecular formula is C10H23NO3. The van der Waals surface area contributed by atoms with Crippen molar-refractivity contribution in [1.29, 1.82) is 0 Å². The molecule has 0 unspecified atom stereocenters. The maximum atomic E-state index is 5.29. The predicted octanol–water partition coefficient (Wildman–Crippen LogP) is 0.666. The normalized spacial score (nSPS) is 10.7. The van der Waals surface area contributed by atoms with E-state index >= 15 is 0 Å². The third-order valence-electron chi connectivity index (χ3n) is 1.59. The highest BCUT2D eigenvalue weighted by Gasteiger charge is 1.90. The van der Waals surface area contributed by atoms with Crippen LogP contribution in [0.2, 0.25) is 0 Å². The summed E-state index contributed by atoms with van der Waals surface area (Å²) in [6.07, 6.45) is 1.06. The number of rotatable bonds is 11. The van der Waals surface area contributed by atoms with Crippen LogP contribution in [0.4, 0.5) is 0 Å². The molecule has 4 heteroatoms. The molecule has 0 atom stereocenters. The minimum Gasteiger partial charge on any atom is -0.379 e. The lowest BCUT2D eigenvalue weighted by Gasteiger charge is -2.05. The van der Waals surface area contributed by atoms with Crippen molar-refractivity contribution in [1.82, 2.24) is 5.32 Å². The Morgan fingerprint density at radius 1 is 0.786 bits per heavy atom. The molecule has 0 spiro atoms. The summed E-state index contributed by atoms with van der Waals surface area (Å²) >= 11 is 0. The molecule has 0 aliphatic heterocycles. The molecule has 0 aromatic rings. The van der Waals surface area contributed by atoms with E-state index < -0.39 is 0 Å². The standard InChI is InChI=1S/C10H23NO3/c1-3-5-12-7-9-14-10-8-13-6-4-11-2/h11H,3-10H2,1-2H3. The topological polar surface area (TPSA) is 39.7 Å². The van der Waals surface area contributed by atoms with Crippen molar-refractivity contribution in [2.24, 2.45) is 0 Å². The summed E-state index contributed by atoms with van der Waals surface area (Å²) < 4.78 is 15.8. The fourth-order valence-corrected chi connectivity index (χ4v) is 0.860. The summed E-state index contributed by atoms with van der Waals surface area (Å²) in [5.74, 6) is 0. The molecule has 0 aromatic heterocycles. The van der Waals surface area contributed by atoms with Gasteiger partial charge in [-0.2, -0.15) is 0 Å². The van der Waals surface area contributed by atoms with Gasteiger partial charge < -0.3 is 19.5 Å². The average Bonchev–Trinajstić information content (AvgIpc) is 2.21. The summed E-state index contributed by atoms with van der Waals surface area (Å²) in [5.41, 5.74) is 0. The maximum Gasteiger partial charge on any atom is 0.0701 e. The zero-order valence-electron chi connectivity index (χ0n) is 9.38. The number of ether oxygens (including phenoxy) is 3. The Morgan fingerprint density at radius 3 is 1.79 bits per heavy atom. The fourth-order valence-electron chi connectivity index (χ4n) is 0.860. The highest BCUT2D eigenvalue weighted by atomic mass is 16.5. The van der Waals surface area contributed by atoms with E-state index in [9.17, 15) is 0 Å². The molecule has 0 rings (SSSR count). The highest BCUT2D eigenvalue weighted by molar-refractivity contribution is 4.36. The molecule has 0 aliphatic rings. The van der Waals surface area contributed by atoms with Gasteiger partial charge in [0.25, 0.3) is 0 Å². The lowest BCUT2D eigenvalue weighted by atomic mass is 10.5. The summed E-state index contributed by atoms with van der Waals surface area (Å²) in [7, 11) is 1.91. The van der Waals surface area contributed by atoms with Crippen LogP contribution in [-0.2, 0) is 14.2 Å². The van der Waals surface area contributed by atoms with Crippen LogP contribution in [0, 0.1) is 0 Å². The second kappa shape index (κ2) is 12.8. The molecule has 0 saturated heterocycles. The van der Waals surface area contributed by atoms with Gasteiger partial charge in [-0.25, -0.2) is 0 Å². The van der Waals surface area contributed by atoms with Crippen LogP contribution < -0.4 is 5.32 Å². The zero-order valence-corrected chi connectivity index (χ0v) is 9.38. The summed E-state index contributed by atoms with van der Waals surface area (Å²) in [5, 5.41) is 3.01. The fraction of sp³-hybridized carbons (Fsp3) is 1.00. The first-order valence-corrected chi connectivity index (χ1v) is 5.29. The molecule has 86 valence electrons. The van der Waals surface area contributed by atoms with Gasteiger partial charge in [0, 0.05) is 13.2 Å². The Morgan fingerprint density at radius 2 is 1.29 bits per heavy atom. The molecule has 4 nitrogen and oxygen atoms in total. The highest BCUT2D eigenvalue weighted by Crippen LogP contribution is 1.82. The van der Waals surface area contributed by atoms with Gasteiger partial charge in [0.05, 0.1) is 33.0 Å². The lowest BCUT2D eigenvalue weighted by Crippen LogP contribution is -2.16. The van der Waals surface area contributed by atoms with Crippen molar-refractivity contribution >= 4 is 0 Å². The van der Waals surface area contributed by atoms with Gasteiger partial charge in [0.2, 0.25) is 0 Å². The molecule has 0 saturated carbocycles. The van der Waals surface area contributed by atoms with E-state index in [0.717, 1.165) is 26.2 Å². The van der Waals surface area contributed by atoms with E-state index in [1.54, 1.807) is 0 Å². The average molecular weight is 205 g/mol. The molecule has 0 heterocycles. The van der Waals surface area contributed by atoms with Crippen LogP contribution in [0.25, 0.3) is 0 Å². The second-order valence-corrected chi connectivity index (χ2v) is 2.94. The van der Waals surface area contributed by atoms with Crippen LogP contribution in [0.1, 0.15) is 13.3 Å². The molecule has 0 fully saturated rings. The molecule has 1 N–H and O–H groups in total. The van der Waals surface area contributed by atoms with E-state index in [2.05, 4.69) is 12.2 Å². The molecule has 14 heavy (non-hydrogen) atoms. The van der Waals surface area contributed by atoms with Gasteiger partial charge in [0.1, 0.15) is 0 Å². The smallest absolute Gasteiger partial charge is 0.0701 e. The Kier molecular flexibility index (Phi) is 12.7. The number of likely N-dealkylation sites (N-methyl/N-ethyl adjacent to an activating group) is 1. The largest absolute Gasteiger partial charge is 0.379 e. The first kappa shape index (κ1) is 13.8. The molecule has 0 amide bonds. The first-order chi connectivity index (χ1) is 6.91. The Hall–Kier alpha value is -0.160. The Labute approximate surface area is 86.9 Å². The first-order valence-electron chi connectivity index (χ1n) is 5.29.